The van der Waals surface area contributed by atoms with E-state index in [0.29, 0.717) is 5.02 Å². The molecule has 3 nitrogen and oxygen atoms in total. The van der Waals surface area contributed by atoms with Crippen LogP contribution in [0, 0.1) is 11.3 Å². The maximum atomic E-state index is 9.05. The Kier molecular flexibility index (Phi) is 3.90. The van der Waals surface area contributed by atoms with Crippen LogP contribution in [0.4, 0.5) is 0 Å². The Labute approximate surface area is 126 Å². The van der Waals surface area contributed by atoms with E-state index in [1.807, 2.05) is 52.8 Å². The van der Waals surface area contributed by atoms with Gasteiger partial charge in [-0.25, -0.2) is 0 Å². The van der Waals surface area contributed by atoms with Crippen molar-refractivity contribution < 1.29 is 9.31 Å². The number of benzene rings is 1. The van der Waals surface area contributed by atoms with Crippen LogP contribution in [0.15, 0.2) is 18.2 Å². The molecule has 0 bridgehead atoms. The maximum absolute atomic E-state index is 9.05. The molecule has 2 rings (SSSR count). The zero-order valence-electron chi connectivity index (χ0n) is 12.5. The van der Waals surface area contributed by atoms with E-state index in [4.69, 9.17) is 26.2 Å². The third-order valence-electron chi connectivity index (χ3n) is 4.16. The molecule has 0 N–H and O–H groups in total. The van der Waals surface area contributed by atoms with Gasteiger partial charge in [-0.3, -0.25) is 0 Å². The van der Waals surface area contributed by atoms with E-state index >= 15 is 0 Å². The van der Waals surface area contributed by atoms with Crippen molar-refractivity contribution >= 4 is 24.2 Å². The molecular weight excluding hydrogens is 272 g/mol. The van der Waals surface area contributed by atoms with Crippen LogP contribution in [0.5, 0.6) is 0 Å². The first kappa shape index (κ1) is 15.4. The summed E-state index contributed by atoms with van der Waals surface area (Å²) in [5, 5.41) is 9.64. The summed E-state index contributed by atoms with van der Waals surface area (Å²) in [5.41, 5.74) is 0.958. The number of nitriles is 1. The van der Waals surface area contributed by atoms with Crippen LogP contribution < -0.4 is 5.46 Å². The molecule has 1 heterocycles. The standard InChI is InChI=1S/C15H19BClNO2/c1-10(9-18)11-6-12(8-13(17)7-11)16-19-14(2,3)15(4,5)20-16/h6-8,10H,1-5H3. The summed E-state index contributed by atoms with van der Waals surface area (Å²) in [7, 11) is -0.455. The lowest BCUT2D eigenvalue weighted by molar-refractivity contribution is 0.00578. The van der Waals surface area contributed by atoms with Crippen LogP contribution in [-0.2, 0) is 9.31 Å². The predicted octanol–water partition coefficient (Wildman–Crippen LogP) is 3.27. The highest BCUT2D eigenvalue weighted by Gasteiger charge is 2.51. The second-order valence-electron chi connectivity index (χ2n) is 6.26. The van der Waals surface area contributed by atoms with Crippen molar-refractivity contribution in [2.45, 2.75) is 51.7 Å². The molecule has 20 heavy (non-hydrogen) atoms. The van der Waals surface area contributed by atoms with E-state index in [2.05, 4.69) is 6.07 Å². The molecule has 1 fully saturated rings. The molecule has 1 aliphatic rings. The zero-order valence-corrected chi connectivity index (χ0v) is 13.3. The van der Waals surface area contributed by atoms with Gasteiger partial charge in [-0.05, 0) is 57.8 Å². The summed E-state index contributed by atoms with van der Waals surface area (Å²) in [4.78, 5) is 0. The first-order chi connectivity index (χ1) is 9.16. The quantitative estimate of drug-likeness (QED) is 0.785. The Balaban J connectivity index is 2.36. The zero-order chi connectivity index (χ0) is 15.1. The molecule has 0 aliphatic carbocycles. The van der Waals surface area contributed by atoms with Crippen molar-refractivity contribution in [1.29, 1.82) is 5.26 Å². The van der Waals surface area contributed by atoms with E-state index in [1.54, 1.807) is 0 Å². The van der Waals surface area contributed by atoms with Crippen molar-refractivity contribution in [1.82, 2.24) is 0 Å². The first-order valence-corrected chi connectivity index (χ1v) is 7.10. The lowest BCUT2D eigenvalue weighted by Gasteiger charge is -2.32. The Morgan fingerprint density at radius 1 is 1.15 bits per heavy atom. The van der Waals surface area contributed by atoms with Gasteiger partial charge in [-0.15, -0.1) is 0 Å². The van der Waals surface area contributed by atoms with E-state index in [9.17, 15) is 0 Å². The van der Waals surface area contributed by atoms with Gasteiger partial charge in [0.2, 0.25) is 0 Å². The van der Waals surface area contributed by atoms with Crippen LogP contribution in [0.25, 0.3) is 0 Å². The lowest BCUT2D eigenvalue weighted by atomic mass is 9.77. The molecule has 5 heteroatoms. The third-order valence-corrected chi connectivity index (χ3v) is 4.38. The second-order valence-corrected chi connectivity index (χ2v) is 6.69. The summed E-state index contributed by atoms with van der Waals surface area (Å²) in [6.45, 7) is 9.89. The second kappa shape index (κ2) is 5.07. The van der Waals surface area contributed by atoms with Gasteiger partial charge >= 0.3 is 7.12 Å². The van der Waals surface area contributed by atoms with Gasteiger partial charge in [0.05, 0.1) is 23.2 Å². The van der Waals surface area contributed by atoms with Gasteiger partial charge in [0.15, 0.2) is 0 Å². The van der Waals surface area contributed by atoms with E-state index < -0.39 is 7.12 Å². The average Bonchev–Trinajstić information content (AvgIpc) is 2.57. The number of halogens is 1. The maximum Gasteiger partial charge on any atom is 0.494 e. The molecule has 1 unspecified atom stereocenters. The van der Waals surface area contributed by atoms with Crippen molar-refractivity contribution in [3.8, 4) is 6.07 Å². The van der Waals surface area contributed by atoms with Crippen LogP contribution in [0.1, 0.15) is 46.1 Å². The summed E-state index contributed by atoms with van der Waals surface area (Å²) >= 11 is 6.15. The summed E-state index contributed by atoms with van der Waals surface area (Å²) in [6, 6.07) is 7.79. The first-order valence-electron chi connectivity index (χ1n) is 6.72. The number of rotatable bonds is 2. The van der Waals surface area contributed by atoms with Gasteiger partial charge in [-0.1, -0.05) is 17.7 Å². The van der Waals surface area contributed by atoms with Crippen molar-refractivity contribution in [3.05, 3.63) is 28.8 Å². The molecule has 0 saturated carbocycles. The molecule has 1 atom stereocenters. The van der Waals surface area contributed by atoms with Crippen LogP contribution in [-0.4, -0.2) is 18.3 Å². The molecule has 1 aromatic rings. The predicted molar refractivity (Wildman–Crippen MR) is 81.2 cm³/mol. The van der Waals surface area contributed by atoms with Crippen molar-refractivity contribution in [2.24, 2.45) is 0 Å². The van der Waals surface area contributed by atoms with Crippen molar-refractivity contribution in [2.75, 3.05) is 0 Å². The molecule has 1 aliphatic heterocycles. The molecule has 106 valence electrons. The minimum absolute atomic E-state index is 0.213. The topological polar surface area (TPSA) is 42.2 Å². The molecule has 0 aromatic heterocycles. The molecule has 0 radical (unpaired) electrons. The van der Waals surface area contributed by atoms with Crippen LogP contribution >= 0.6 is 11.6 Å². The minimum atomic E-state index is -0.455. The van der Waals surface area contributed by atoms with Crippen molar-refractivity contribution in [3.63, 3.8) is 0 Å². The fourth-order valence-electron chi connectivity index (χ4n) is 2.08. The highest BCUT2D eigenvalue weighted by molar-refractivity contribution is 6.62. The third kappa shape index (κ3) is 2.71. The van der Waals surface area contributed by atoms with Gasteiger partial charge in [-0.2, -0.15) is 5.26 Å². The monoisotopic (exact) mass is 291 g/mol. The largest absolute Gasteiger partial charge is 0.494 e. The molecule has 0 amide bonds. The molecular formula is C15H19BClNO2. The number of hydrogen-bond donors (Lipinski definition) is 0. The Hall–Kier alpha value is -1.02. The highest BCUT2D eigenvalue weighted by atomic mass is 35.5. The smallest absolute Gasteiger partial charge is 0.399 e. The van der Waals surface area contributed by atoms with Crippen LogP contribution in [0.2, 0.25) is 5.02 Å². The normalized spacial score (nSPS) is 21.6. The minimum Gasteiger partial charge on any atom is -0.399 e. The number of nitrogens with zero attached hydrogens (tertiary/aromatic N) is 1. The average molecular weight is 292 g/mol. The SMILES string of the molecule is CC(C#N)c1cc(Cl)cc(B2OC(C)(C)C(C)(C)O2)c1. The number of hydrogen-bond acceptors (Lipinski definition) is 3. The lowest BCUT2D eigenvalue weighted by Crippen LogP contribution is -2.41. The Morgan fingerprint density at radius 3 is 2.20 bits per heavy atom. The highest BCUT2D eigenvalue weighted by Crippen LogP contribution is 2.36. The summed E-state index contributed by atoms with van der Waals surface area (Å²) in [6.07, 6.45) is 0. The Bertz CT molecular complexity index is 549. The van der Waals surface area contributed by atoms with E-state index in [-0.39, 0.29) is 17.1 Å². The van der Waals surface area contributed by atoms with E-state index in [1.165, 1.54) is 0 Å². The van der Waals surface area contributed by atoms with Gasteiger partial charge in [0, 0.05) is 5.02 Å². The van der Waals surface area contributed by atoms with Gasteiger partial charge < -0.3 is 9.31 Å². The van der Waals surface area contributed by atoms with Gasteiger partial charge in [0.25, 0.3) is 0 Å². The molecule has 0 spiro atoms. The van der Waals surface area contributed by atoms with Gasteiger partial charge in [0.1, 0.15) is 0 Å². The Morgan fingerprint density at radius 2 is 1.70 bits per heavy atom. The fraction of sp³-hybridized carbons (Fsp3) is 0.533. The molecule has 1 saturated heterocycles. The summed E-state index contributed by atoms with van der Waals surface area (Å²) < 4.78 is 12.0. The fourth-order valence-corrected chi connectivity index (χ4v) is 2.33. The van der Waals surface area contributed by atoms with E-state index in [0.717, 1.165) is 11.0 Å². The summed E-state index contributed by atoms with van der Waals surface area (Å²) in [5.74, 6) is -0.213. The van der Waals surface area contributed by atoms with Crippen LogP contribution in [0.3, 0.4) is 0 Å². The molecule has 1 aromatic carbocycles.